The lowest BCUT2D eigenvalue weighted by Crippen LogP contribution is -2.35. The van der Waals surface area contributed by atoms with E-state index in [1.165, 1.54) is 9.90 Å². The van der Waals surface area contributed by atoms with Gasteiger partial charge >= 0.3 is 0 Å². The average Bonchev–Trinajstić information content (AvgIpc) is 3.22. The normalized spacial score (nSPS) is 31.1. The minimum absolute atomic E-state index is 0.0121. The van der Waals surface area contributed by atoms with E-state index in [2.05, 4.69) is 67.1 Å². The third-order valence-corrected chi connectivity index (χ3v) is 6.92. The zero-order valence-corrected chi connectivity index (χ0v) is 17.1. The van der Waals surface area contributed by atoms with Crippen LogP contribution in [0.5, 0.6) is 0 Å². The van der Waals surface area contributed by atoms with Gasteiger partial charge in [0.25, 0.3) is 0 Å². The number of fused-ring (bicyclic) bond motifs is 2. The Morgan fingerprint density at radius 2 is 1.96 bits per heavy atom. The Morgan fingerprint density at radius 1 is 1.18 bits per heavy atom. The number of imidazole rings is 1. The van der Waals surface area contributed by atoms with E-state index >= 15 is 0 Å². The molecule has 2 aromatic heterocycles. The van der Waals surface area contributed by atoms with E-state index in [0.29, 0.717) is 29.9 Å². The molecule has 146 valence electrons. The largest absolute Gasteiger partial charge is 0.396 e. The molecule has 5 rings (SSSR count). The molecule has 0 aliphatic heterocycles. The number of rotatable bonds is 5. The van der Waals surface area contributed by atoms with Gasteiger partial charge in [-0.15, -0.1) is 0 Å². The first kappa shape index (κ1) is 18.2. The van der Waals surface area contributed by atoms with Gasteiger partial charge in [0, 0.05) is 15.5 Å². The van der Waals surface area contributed by atoms with E-state index < -0.39 is 17.6 Å². The van der Waals surface area contributed by atoms with Crippen molar-refractivity contribution in [3.63, 3.8) is 0 Å². The van der Waals surface area contributed by atoms with Crippen molar-refractivity contribution in [2.45, 2.75) is 31.2 Å². The van der Waals surface area contributed by atoms with Crippen LogP contribution in [0, 0.1) is 14.9 Å². The zero-order valence-electron chi connectivity index (χ0n) is 14.9. The van der Waals surface area contributed by atoms with Crippen molar-refractivity contribution in [3.05, 3.63) is 46.1 Å². The number of hydrogen-bond acceptors (Lipinski definition) is 7. The molecule has 0 bridgehead atoms. The van der Waals surface area contributed by atoms with Crippen molar-refractivity contribution in [2.75, 3.05) is 11.9 Å². The SMILES string of the molecule is OC[C@@]12C[C@@H]1[C@@H](n1cnc3c(NCc4ccc(I)cc4)ncnc31)[C@H](O)[C@@H]2O. The van der Waals surface area contributed by atoms with Crippen molar-refractivity contribution in [1.29, 1.82) is 0 Å². The average molecular weight is 493 g/mol. The van der Waals surface area contributed by atoms with Crippen LogP contribution in [-0.2, 0) is 6.54 Å². The molecular formula is C19H20IN5O3. The lowest BCUT2D eigenvalue weighted by atomic mass is 10.0. The second-order valence-electron chi connectivity index (χ2n) is 7.65. The smallest absolute Gasteiger partial charge is 0.165 e. The summed E-state index contributed by atoms with van der Waals surface area (Å²) < 4.78 is 3.00. The Balaban J connectivity index is 1.44. The molecule has 0 unspecified atom stereocenters. The number of aliphatic hydroxyl groups excluding tert-OH is 3. The van der Waals surface area contributed by atoms with Gasteiger partial charge in [0.2, 0.25) is 0 Å². The summed E-state index contributed by atoms with van der Waals surface area (Å²) >= 11 is 2.27. The summed E-state index contributed by atoms with van der Waals surface area (Å²) in [6, 6.07) is 7.87. The molecule has 2 saturated carbocycles. The molecule has 4 N–H and O–H groups in total. The van der Waals surface area contributed by atoms with E-state index in [1.54, 1.807) is 6.33 Å². The number of hydrogen-bond donors (Lipinski definition) is 4. The number of aliphatic hydroxyl groups is 3. The van der Waals surface area contributed by atoms with Gasteiger partial charge in [0.15, 0.2) is 11.5 Å². The fourth-order valence-corrected chi connectivity index (χ4v) is 4.90. The molecule has 0 saturated heterocycles. The molecule has 9 heteroatoms. The van der Waals surface area contributed by atoms with Gasteiger partial charge in [0.05, 0.1) is 25.1 Å². The highest BCUT2D eigenvalue weighted by Crippen LogP contribution is 2.67. The molecule has 8 nitrogen and oxygen atoms in total. The minimum Gasteiger partial charge on any atom is -0.396 e. The van der Waals surface area contributed by atoms with Crippen molar-refractivity contribution >= 4 is 39.6 Å². The Labute approximate surface area is 174 Å². The molecule has 0 spiro atoms. The highest BCUT2D eigenvalue weighted by atomic mass is 127. The van der Waals surface area contributed by atoms with Crippen LogP contribution in [0.2, 0.25) is 0 Å². The first-order chi connectivity index (χ1) is 13.5. The predicted octanol–water partition coefficient (Wildman–Crippen LogP) is 1.32. The van der Waals surface area contributed by atoms with Crippen LogP contribution in [0.15, 0.2) is 36.9 Å². The Morgan fingerprint density at radius 3 is 2.68 bits per heavy atom. The summed E-state index contributed by atoms with van der Waals surface area (Å²) in [5.74, 6) is 0.637. The van der Waals surface area contributed by atoms with Crippen molar-refractivity contribution in [3.8, 4) is 0 Å². The quantitative estimate of drug-likeness (QED) is 0.397. The van der Waals surface area contributed by atoms with Crippen LogP contribution in [0.3, 0.4) is 0 Å². The molecule has 5 atom stereocenters. The molecule has 1 aromatic carbocycles. The molecule has 2 aliphatic rings. The second-order valence-corrected chi connectivity index (χ2v) is 8.90. The summed E-state index contributed by atoms with van der Waals surface area (Å²) in [4.78, 5) is 13.2. The number of halogens is 1. The summed E-state index contributed by atoms with van der Waals surface area (Å²) in [5.41, 5.74) is 1.76. The standard InChI is InChI=1S/C19H20IN5O3/c20-11-3-1-10(2-4-11)6-21-17-13-18(23-8-22-17)25(9-24-13)14-12-5-19(12,7-26)16(28)15(14)27/h1-4,8-9,12,14-16,26-28H,5-7H2,(H,21,22,23)/t12-,14-,15+,16+,19+/m1/s1. The van der Waals surface area contributed by atoms with E-state index in [4.69, 9.17) is 0 Å². The first-order valence-corrected chi connectivity index (χ1v) is 10.3. The van der Waals surface area contributed by atoms with Crippen LogP contribution in [0.1, 0.15) is 18.0 Å². The van der Waals surface area contributed by atoms with Crippen molar-refractivity contribution in [1.82, 2.24) is 19.5 Å². The lowest BCUT2D eigenvalue weighted by Gasteiger charge is -2.23. The van der Waals surface area contributed by atoms with Gasteiger partial charge in [-0.25, -0.2) is 15.0 Å². The third-order valence-electron chi connectivity index (χ3n) is 6.20. The second kappa shape index (κ2) is 6.61. The monoisotopic (exact) mass is 493 g/mol. The summed E-state index contributed by atoms with van der Waals surface area (Å²) in [6.07, 6.45) is 1.91. The number of nitrogens with one attached hydrogen (secondary N) is 1. The maximum atomic E-state index is 10.6. The maximum absolute atomic E-state index is 10.6. The Kier molecular flexibility index (Phi) is 4.30. The molecule has 2 heterocycles. The number of aromatic nitrogens is 4. The van der Waals surface area contributed by atoms with Gasteiger partial charge in [-0.05, 0) is 52.6 Å². The number of anilines is 1. The Bertz CT molecular complexity index is 1030. The lowest BCUT2D eigenvalue weighted by molar-refractivity contribution is -0.0300. The summed E-state index contributed by atoms with van der Waals surface area (Å²) in [6.45, 7) is 0.480. The van der Waals surface area contributed by atoms with Gasteiger partial charge in [-0.1, -0.05) is 12.1 Å². The maximum Gasteiger partial charge on any atom is 0.165 e. The molecule has 0 amide bonds. The van der Waals surface area contributed by atoms with E-state index in [-0.39, 0.29) is 18.6 Å². The van der Waals surface area contributed by atoms with Gasteiger partial charge in [0.1, 0.15) is 17.9 Å². The van der Waals surface area contributed by atoms with Gasteiger partial charge in [-0.2, -0.15) is 0 Å². The highest BCUT2D eigenvalue weighted by Gasteiger charge is 2.71. The molecule has 3 aromatic rings. The van der Waals surface area contributed by atoms with Gasteiger partial charge in [-0.3, -0.25) is 0 Å². The number of benzene rings is 1. The van der Waals surface area contributed by atoms with Crippen LogP contribution in [0.4, 0.5) is 5.82 Å². The van der Waals surface area contributed by atoms with E-state index in [1.807, 2.05) is 4.57 Å². The van der Waals surface area contributed by atoms with E-state index in [9.17, 15) is 15.3 Å². The summed E-state index contributed by atoms with van der Waals surface area (Å²) in [7, 11) is 0. The molecule has 28 heavy (non-hydrogen) atoms. The minimum atomic E-state index is -0.957. The highest BCUT2D eigenvalue weighted by molar-refractivity contribution is 14.1. The van der Waals surface area contributed by atoms with Crippen LogP contribution in [-0.4, -0.2) is 53.7 Å². The number of nitrogens with zero attached hydrogens (tertiary/aromatic N) is 4. The Hall–Kier alpha value is -1.82. The fourth-order valence-electron chi connectivity index (χ4n) is 4.54. The predicted molar refractivity (Wildman–Crippen MR) is 110 cm³/mol. The molecular weight excluding hydrogens is 473 g/mol. The van der Waals surface area contributed by atoms with Crippen LogP contribution < -0.4 is 5.32 Å². The van der Waals surface area contributed by atoms with Crippen molar-refractivity contribution < 1.29 is 15.3 Å². The summed E-state index contributed by atoms with van der Waals surface area (Å²) in [5, 5.41) is 34.0. The zero-order chi connectivity index (χ0) is 19.5. The first-order valence-electron chi connectivity index (χ1n) is 9.18. The molecule has 2 fully saturated rings. The fraction of sp³-hybridized carbons (Fsp3) is 0.421. The van der Waals surface area contributed by atoms with Crippen molar-refractivity contribution in [2.24, 2.45) is 11.3 Å². The third kappa shape index (κ3) is 2.64. The molecule has 2 aliphatic carbocycles. The topological polar surface area (TPSA) is 116 Å². The van der Waals surface area contributed by atoms with Crippen LogP contribution in [0.25, 0.3) is 11.2 Å². The molecule has 0 radical (unpaired) electrons. The van der Waals surface area contributed by atoms with Crippen LogP contribution >= 0.6 is 22.6 Å². The van der Waals surface area contributed by atoms with Gasteiger partial charge < -0.3 is 25.2 Å². The van der Waals surface area contributed by atoms with E-state index in [0.717, 1.165) is 5.56 Å².